The van der Waals surface area contributed by atoms with Crippen LogP contribution in [0.4, 0.5) is 10.2 Å². The number of hydrogen-bond acceptors (Lipinski definition) is 10. The Bertz CT molecular complexity index is 2090. The van der Waals surface area contributed by atoms with E-state index in [1.54, 1.807) is 36.9 Å². The summed E-state index contributed by atoms with van der Waals surface area (Å²) in [6.07, 6.45) is 7.73. The summed E-state index contributed by atoms with van der Waals surface area (Å²) in [4.78, 5) is 28.0. The Morgan fingerprint density at radius 1 is 1.07 bits per heavy atom. The van der Waals surface area contributed by atoms with E-state index in [0.29, 0.717) is 56.1 Å². The third-order valence-electron chi connectivity index (χ3n) is 7.00. The van der Waals surface area contributed by atoms with Gasteiger partial charge in [-0.1, -0.05) is 0 Å². The van der Waals surface area contributed by atoms with Crippen molar-refractivity contribution >= 4 is 38.0 Å². The molecule has 0 unspecified atom stereocenters. The fraction of sp³-hybridized carbons (Fsp3) is 0.185. The molecule has 0 bridgehead atoms. The van der Waals surface area contributed by atoms with Crippen molar-refractivity contribution in [2.24, 2.45) is 5.73 Å². The lowest BCUT2D eigenvalue weighted by Crippen LogP contribution is -2.56. The van der Waals surface area contributed by atoms with E-state index in [-0.39, 0.29) is 12.6 Å². The first-order valence-corrected chi connectivity index (χ1v) is 14.9. The number of H-pyrrole nitrogens is 2. The number of nitrogens with one attached hydrogen (secondary N) is 3. The van der Waals surface area contributed by atoms with Crippen molar-refractivity contribution in [1.29, 1.82) is 0 Å². The van der Waals surface area contributed by atoms with Crippen LogP contribution >= 0.6 is 0 Å². The molecule has 13 nitrogen and oxygen atoms in total. The van der Waals surface area contributed by atoms with Crippen LogP contribution in [-0.4, -0.2) is 73.9 Å². The molecule has 0 radical (unpaired) electrons. The maximum absolute atomic E-state index is 14.6. The Hall–Kier alpha value is -4.86. The van der Waals surface area contributed by atoms with Gasteiger partial charge in [0.25, 0.3) is 0 Å². The summed E-state index contributed by atoms with van der Waals surface area (Å²) in [5, 5.41) is 8.07. The van der Waals surface area contributed by atoms with E-state index in [1.807, 2.05) is 6.07 Å². The Balaban J connectivity index is 1.26. The lowest BCUT2D eigenvalue weighted by Gasteiger charge is -2.37. The normalized spacial score (nSPS) is 14.1. The molecule has 5 aromatic heterocycles. The van der Waals surface area contributed by atoms with Gasteiger partial charge in [-0.25, -0.2) is 37.5 Å². The number of sulfonamides is 1. The quantitative estimate of drug-likeness (QED) is 0.217. The van der Waals surface area contributed by atoms with Crippen molar-refractivity contribution in [2.45, 2.75) is 12.6 Å². The second kappa shape index (κ2) is 9.90. The average molecular weight is 586 g/mol. The van der Waals surface area contributed by atoms with Crippen LogP contribution in [-0.2, 0) is 16.6 Å². The molecule has 42 heavy (non-hydrogen) atoms. The molecule has 1 aromatic carbocycles. The molecule has 0 spiro atoms. The van der Waals surface area contributed by atoms with Crippen molar-refractivity contribution in [3.63, 3.8) is 0 Å². The van der Waals surface area contributed by atoms with Gasteiger partial charge in [0.15, 0.2) is 17.1 Å². The van der Waals surface area contributed by atoms with E-state index >= 15 is 0 Å². The number of anilines is 1. The zero-order valence-corrected chi connectivity index (χ0v) is 23.0. The van der Waals surface area contributed by atoms with Crippen LogP contribution in [0, 0.1) is 5.82 Å². The molecule has 1 aliphatic rings. The molecule has 5 N–H and O–H groups in total. The molecule has 0 aliphatic carbocycles. The molecular formula is C27H24FN11O2S. The highest BCUT2D eigenvalue weighted by Crippen LogP contribution is 2.32. The van der Waals surface area contributed by atoms with E-state index in [1.165, 1.54) is 12.1 Å². The molecule has 1 aliphatic heterocycles. The smallest absolute Gasteiger partial charge is 0.209 e. The highest BCUT2D eigenvalue weighted by molar-refractivity contribution is 7.88. The average Bonchev–Trinajstić information content (AvgIpc) is 3.57. The van der Waals surface area contributed by atoms with Crippen LogP contribution in [0.1, 0.15) is 5.56 Å². The molecule has 1 saturated heterocycles. The summed E-state index contributed by atoms with van der Waals surface area (Å²) in [7, 11) is -3.44. The standard InChI is InChI=1S/C27H24FN11O2S/c1-42(40,41)33-8-14-4-15(6-17(28)5-14)19-2-3-31-26-23(19)35-27(36-26)24-20-7-16(9-32-25(20)38-37-24)21-10-30-11-22(34-21)39-12-18(29)13-39/h2-7,9-11,18,33H,8,12-13,29H2,1H3,(H,31,35,36)(H,32,37,38). The summed E-state index contributed by atoms with van der Waals surface area (Å²) in [5.41, 5.74) is 11.1. The topological polar surface area (TPSA) is 184 Å². The second-order valence-electron chi connectivity index (χ2n) is 10.2. The Morgan fingerprint density at radius 2 is 1.93 bits per heavy atom. The van der Waals surface area contributed by atoms with Crippen LogP contribution in [0.5, 0.6) is 0 Å². The number of aromatic amines is 2. The zero-order chi connectivity index (χ0) is 29.0. The van der Waals surface area contributed by atoms with Crippen LogP contribution in [0.3, 0.4) is 0 Å². The number of fused-ring (bicyclic) bond motifs is 2. The summed E-state index contributed by atoms with van der Waals surface area (Å²) in [6, 6.07) is 8.20. The van der Waals surface area contributed by atoms with Gasteiger partial charge >= 0.3 is 0 Å². The molecule has 15 heteroatoms. The van der Waals surface area contributed by atoms with Gasteiger partial charge in [-0.05, 0) is 41.5 Å². The number of aromatic nitrogens is 8. The van der Waals surface area contributed by atoms with E-state index in [4.69, 9.17) is 10.7 Å². The third kappa shape index (κ3) is 4.93. The maximum atomic E-state index is 14.6. The van der Waals surface area contributed by atoms with Gasteiger partial charge in [0.2, 0.25) is 10.0 Å². The van der Waals surface area contributed by atoms with E-state index in [2.05, 4.69) is 44.7 Å². The number of halogens is 1. The first-order valence-electron chi connectivity index (χ1n) is 13.0. The molecule has 0 amide bonds. The van der Waals surface area contributed by atoms with E-state index in [9.17, 15) is 12.8 Å². The van der Waals surface area contributed by atoms with Gasteiger partial charge in [0.05, 0.1) is 35.2 Å². The van der Waals surface area contributed by atoms with Crippen LogP contribution in [0.15, 0.2) is 55.1 Å². The molecule has 6 heterocycles. The van der Waals surface area contributed by atoms with Crippen LogP contribution in [0.25, 0.3) is 56.1 Å². The molecule has 1 fully saturated rings. The van der Waals surface area contributed by atoms with Crippen molar-refractivity contribution in [1.82, 2.24) is 44.8 Å². The number of imidazole rings is 1. The van der Waals surface area contributed by atoms with Gasteiger partial charge in [0.1, 0.15) is 17.3 Å². The van der Waals surface area contributed by atoms with Crippen molar-refractivity contribution in [3.8, 4) is 33.9 Å². The van der Waals surface area contributed by atoms with E-state index < -0.39 is 15.8 Å². The van der Waals surface area contributed by atoms with E-state index in [0.717, 1.165) is 30.7 Å². The van der Waals surface area contributed by atoms with Gasteiger partial charge in [0, 0.05) is 49.2 Å². The minimum atomic E-state index is -3.44. The van der Waals surface area contributed by atoms with Gasteiger partial charge in [-0.2, -0.15) is 5.10 Å². The Kier molecular flexibility index (Phi) is 6.14. The summed E-state index contributed by atoms with van der Waals surface area (Å²) >= 11 is 0. The molecule has 6 aromatic rings. The zero-order valence-electron chi connectivity index (χ0n) is 22.2. The lowest BCUT2D eigenvalue weighted by atomic mass is 10.0. The van der Waals surface area contributed by atoms with Gasteiger partial charge < -0.3 is 15.6 Å². The van der Waals surface area contributed by atoms with Crippen molar-refractivity contribution < 1.29 is 12.8 Å². The Morgan fingerprint density at radius 3 is 2.74 bits per heavy atom. The fourth-order valence-electron chi connectivity index (χ4n) is 4.96. The molecule has 212 valence electrons. The Labute approximate surface area is 238 Å². The number of pyridine rings is 2. The highest BCUT2D eigenvalue weighted by Gasteiger charge is 2.25. The third-order valence-corrected chi connectivity index (χ3v) is 7.67. The maximum Gasteiger partial charge on any atom is 0.209 e. The summed E-state index contributed by atoms with van der Waals surface area (Å²) in [6.45, 7) is 1.43. The number of hydrogen-bond donors (Lipinski definition) is 4. The fourth-order valence-corrected chi connectivity index (χ4v) is 5.39. The number of nitrogens with two attached hydrogens (primary N) is 1. The summed E-state index contributed by atoms with van der Waals surface area (Å²) < 4.78 is 40.1. The number of nitrogens with zero attached hydrogens (tertiary/aromatic N) is 7. The minimum absolute atomic E-state index is 0.0413. The predicted octanol–water partition coefficient (Wildman–Crippen LogP) is 2.36. The van der Waals surface area contributed by atoms with Crippen molar-refractivity contribution in [3.05, 3.63) is 66.5 Å². The predicted molar refractivity (Wildman–Crippen MR) is 155 cm³/mol. The second-order valence-corrected chi connectivity index (χ2v) is 12.0. The lowest BCUT2D eigenvalue weighted by molar-refractivity contribution is 0.514. The highest BCUT2D eigenvalue weighted by atomic mass is 32.2. The summed E-state index contributed by atoms with van der Waals surface area (Å²) in [5.74, 6) is 0.728. The first kappa shape index (κ1) is 26.1. The minimum Gasteiger partial charge on any atom is -0.352 e. The van der Waals surface area contributed by atoms with Crippen LogP contribution < -0.4 is 15.4 Å². The largest absolute Gasteiger partial charge is 0.352 e. The monoisotopic (exact) mass is 585 g/mol. The molecule has 7 rings (SSSR count). The molecule has 0 saturated carbocycles. The van der Waals surface area contributed by atoms with Gasteiger partial charge in [-0.3, -0.25) is 10.1 Å². The molecular weight excluding hydrogens is 561 g/mol. The van der Waals surface area contributed by atoms with Gasteiger partial charge in [-0.15, -0.1) is 0 Å². The molecule has 0 atom stereocenters. The van der Waals surface area contributed by atoms with Crippen molar-refractivity contribution in [2.75, 3.05) is 24.2 Å². The number of benzene rings is 1. The SMILES string of the molecule is CS(=O)(=O)NCc1cc(F)cc(-c2ccnc3nc(-c4[nH]nc5ncc(-c6cncc(N7CC(N)C7)n6)cc45)[nH]c23)c1. The number of rotatable bonds is 7. The van der Waals surface area contributed by atoms with Crippen LogP contribution in [0.2, 0.25) is 0 Å². The first-order chi connectivity index (χ1) is 20.2.